The summed E-state index contributed by atoms with van der Waals surface area (Å²) in [6.07, 6.45) is 0.956. The molecule has 27 heavy (non-hydrogen) atoms. The van der Waals surface area contributed by atoms with Gasteiger partial charge in [-0.25, -0.2) is 4.79 Å². The Labute approximate surface area is 165 Å². The van der Waals surface area contributed by atoms with Gasteiger partial charge < -0.3 is 19.9 Å². The Kier molecular flexibility index (Phi) is 6.82. The standard InChI is InChI=1S/C21H26ClN3O2/c1-2-11-23-21(26)25-14-12-24(13-15-25)19-7-9-20(10-8-19)27-16-17-3-5-18(22)6-4-17/h3-10H,2,11-16H2,1H3,(H,23,26). The highest BCUT2D eigenvalue weighted by Crippen LogP contribution is 2.22. The first-order valence-electron chi connectivity index (χ1n) is 9.40. The number of hydrogen-bond donors (Lipinski definition) is 1. The Morgan fingerprint density at radius 3 is 2.33 bits per heavy atom. The second-order valence-corrected chi connectivity index (χ2v) is 7.05. The molecule has 1 aliphatic heterocycles. The molecule has 1 aliphatic rings. The van der Waals surface area contributed by atoms with Gasteiger partial charge in [0.2, 0.25) is 0 Å². The van der Waals surface area contributed by atoms with E-state index in [0.717, 1.165) is 61.2 Å². The highest BCUT2D eigenvalue weighted by molar-refractivity contribution is 6.30. The molecular weight excluding hydrogens is 362 g/mol. The minimum absolute atomic E-state index is 0.0439. The molecule has 2 amide bonds. The zero-order valence-electron chi connectivity index (χ0n) is 15.7. The van der Waals surface area contributed by atoms with E-state index in [9.17, 15) is 4.79 Å². The van der Waals surface area contributed by atoms with E-state index in [2.05, 4.69) is 29.3 Å². The lowest BCUT2D eigenvalue weighted by Gasteiger charge is -2.36. The monoisotopic (exact) mass is 387 g/mol. The number of piperazine rings is 1. The van der Waals surface area contributed by atoms with Crippen molar-refractivity contribution in [3.8, 4) is 5.75 Å². The zero-order valence-corrected chi connectivity index (χ0v) is 16.4. The number of amides is 2. The van der Waals surface area contributed by atoms with Gasteiger partial charge in [-0.05, 0) is 48.4 Å². The summed E-state index contributed by atoms with van der Waals surface area (Å²) in [5, 5.41) is 3.67. The zero-order chi connectivity index (χ0) is 19.1. The molecule has 5 nitrogen and oxygen atoms in total. The summed E-state index contributed by atoms with van der Waals surface area (Å²) >= 11 is 5.90. The van der Waals surface area contributed by atoms with E-state index in [0.29, 0.717) is 6.61 Å². The molecule has 144 valence electrons. The van der Waals surface area contributed by atoms with Gasteiger partial charge in [-0.1, -0.05) is 30.7 Å². The number of carbonyl (C=O) groups excluding carboxylic acids is 1. The summed E-state index contributed by atoms with van der Waals surface area (Å²) in [5.74, 6) is 0.839. The molecule has 6 heteroatoms. The Morgan fingerprint density at radius 2 is 1.70 bits per heavy atom. The molecule has 1 heterocycles. The van der Waals surface area contributed by atoms with Crippen molar-refractivity contribution in [1.82, 2.24) is 10.2 Å². The van der Waals surface area contributed by atoms with Crippen molar-refractivity contribution in [3.05, 3.63) is 59.1 Å². The number of urea groups is 1. The van der Waals surface area contributed by atoms with Crippen LogP contribution < -0.4 is 15.0 Å². The largest absolute Gasteiger partial charge is 0.489 e. The van der Waals surface area contributed by atoms with E-state index in [1.807, 2.05) is 41.3 Å². The fourth-order valence-corrected chi connectivity index (χ4v) is 3.14. The number of anilines is 1. The van der Waals surface area contributed by atoms with Crippen LogP contribution >= 0.6 is 11.6 Å². The van der Waals surface area contributed by atoms with E-state index in [1.54, 1.807) is 0 Å². The maximum Gasteiger partial charge on any atom is 0.317 e. The summed E-state index contributed by atoms with van der Waals surface area (Å²) in [6.45, 7) is 6.46. The van der Waals surface area contributed by atoms with Crippen molar-refractivity contribution < 1.29 is 9.53 Å². The van der Waals surface area contributed by atoms with Gasteiger partial charge in [0.15, 0.2) is 0 Å². The van der Waals surface area contributed by atoms with Gasteiger partial charge >= 0.3 is 6.03 Å². The Morgan fingerprint density at radius 1 is 1.04 bits per heavy atom. The highest BCUT2D eigenvalue weighted by atomic mass is 35.5. The van der Waals surface area contributed by atoms with Gasteiger partial charge in [-0.3, -0.25) is 0 Å². The number of benzene rings is 2. The van der Waals surface area contributed by atoms with Crippen molar-refractivity contribution >= 4 is 23.3 Å². The van der Waals surface area contributed by atoms with Gasteiger partial charge in [-0.15, -0.1) is 0 Å². The molecule has 0 aromatic heterocycles. The molecule has 0 radical (unpaired) electrons. The number of hydrogen-bond acceptors (Lipinski definition) is 3. The average Bonchev–Trinajstić information content (AvgIpc) is 2.72. The first-order valence-corrected chi connectivity index (χ1v) is 9.78. The topological polar surface area (TPSA) is 44.8 Å². The molecule has 1 saturated heterocycles. The molecule has 0 bridgehead atoms. The van der Waals surface area contributed by atoms with Gasteiger partial charge in [0, 0.05) is 43.4 Å². The lowest BCUT2D eigenvalue weighted by Crippen LogP contribution is -2.52. The number of rotatable bonds is 6. The fraction of sp³-hybridized carbons (Fsp3) is 0.381. The maximum atomic E-state index is 12.0. The smallest absolute Gasteiger partial charge is 0.317 e. The number of carbonyl (C=O) groups is 1. The highest BCUT2D eigenvalue weighted by Gasteiger charge is 2.20. The normalized spacial score (nSPS) is 14.1. The minimum Gasteiger partial charge on any atom is -0.489 e. The van der Waals surface area contributed by atoms with Gasteiger partial charge in [0.1, 0.15) is 12.4 Å². The second kappa shape index (κ2) is 9.51. The fourth-order valence-electron chi connectivity index (χ4n) is 3.01. The summed E-state index contributed by atoms with van der Waals surface area (Å²) < 4.78 is 5.84. The lowest BCUT2D eigenvalue weighted by atomic mass is 10.2. The van der Waals surface area contributed by atoms with Crippen LogP contribution in [0.2, 0.25) is 5.02 Å². The van der Waals surface area contributed by atoms with E-state index in [1.165, 1.54) is 0 Å². The number of ether oxygens (including phenoxy) is 1. The van der Waals surface area contributed by atoms with Gasteiger partial charge in [-0.2, -0.15) is 0 Å². The summed E-state index contributed by atoms with van der Waals surface area (Å²) in [5.41, 5.74) is 2.24. The van der Waals surface area contributed by atoms with E-state index in [-0.39, 0.29) is 6.03 Å². The number of halogens is 1. The van der Waals surface area contributed by atoms with Crippen LogP contribution in [-0.4, -0.2) is 43.7 Å². The third-order valence-electron chi connectivity index (χ3n) is 4.61. The van der Waals surface area contributed by atoms with Crippen LogP contribution in [0.25, 0.3) is 0 Å². The lowest BCUT2D eigenvalue weighted by molar-refractivity contribution is 0.194. The summed E-state index contributed by atoms with van der Waals surface area (Å²) in [6, 6.07) is 15.8. The first-order chi connectivity index (χ1) is 13.2. The molecule has 0 aliphatic carbocycles. The van der Waals surface area contributed by atoms with E-state index in [4.69, 9.17) is 16.3 Å². The summed E-state index contributed by atoms with van der Waals surface area (Å²) in [7, 11) is 0. The van der Waals surface area contributed by atoms with Crippen LogP contribution in [0.4, 0.5) is 10.5 Å². The van der Waals surface area contributed by atoms with Crippen molar-refractivity contribution in [3.63, 3.8) is 0 Å². The molecule has 0 unspecified atom stereocenters. The van der Waals surface area contributed by atoms with Crippen LogP contribution in [0.3, 0.4) is 0 Å². The quantitative estimate of drug-likeness (QED) is 0.809. The van der Waals surface area contributed by atoms with Crippen LogP contribution in [-0.2, 0) is 6.61 Å². The Balaban J connectivity index is 1.48. The van der Waals surface area contributed by atoms with Gasteiger partial charge in [0.05, 0.1) is 0 Å². The second-order valence-electron chi connectivity index (χ2n) is 6.62. The third-order valence-corrected chi connectivity index (χ3v) is 4.87. The molecule has 2 aromatic rings. The van der Waals surface area contributed by atoms with Crippen LogP contribution in [0.15, 0.2) is 48.5 Å². The van der Waals surface area contributed by atoms with Crippen LogP contribution in [0.5, 0.6) is 5.75 Å². The van der Waals surface area contributed by atoms with Crippen LogP contribution in [0.1, 0.15) is 18.9 Å². The molecule has 0 saturated carbocycles. The SMILES string of the molecule is CCCNC(=O)N1CCN(c2ccc(OCc3ccc(Cl)cc3)cc2)CC1. The van der Waals surface area contributed by atoms with Gasteiger partial charge in [0.25, 0.3) is 0 Å². The summed E-state index contributed by atoms with van der Waals surface area (Å²) in [4.78, 5) is 16.2. The van der Waals surface area contributed by atoms with Crippen molar-refractivity contribution in [2.45, 2.75) is 20.0 Å². The molecule has 2 aromatic carbocycles. The van der Waals surface area contributed by atoms with Crippen molar-refractivity contribution in [1.29, 1.82) is 0 Å². The first kappa shape index (κ1) is 19.4. The number of nitrogens with one attached hydrogen (secondary N) is 1. The van der Waals surface area contributed by atoms with E-state index < -0.39 is 0 Å². The molecule has 1 fully saturated rings. The Bertz CT molecular complexity index is 726. The van der Waals surface area contributed by atoms with E-state index >= 15 is 0 Å². The van der Waals surface area contributed by atoms with Crippen molar-refractivity contribution in [2.75, 3.05) is 37.6 Å². The molecule has 1 N–H and O–H groups in total. The van der Waals surface area contributed by atoms with Crippen molar-refractivity contribution in [2.24, 2.45) is 0 Å². The predicted octanol–water partition coefficient (Wildman–Crippen LogP) is 4.16. The molecule has 0 atom stereocenters. The molecular formula is C21H26ClN3O2. The molecule has 3 rings (SSSR count). The third kappa shape index (κ3) is 5.54. The maximum absolute atomic E-state index is 12.0. The van der Waals surface area contributed by atoms with Crippen LogP contribution in [0, 0.1) is 0 Å². The Hall–Kier alpha value is -2.40. The predicted molar refractivity (Wildman–Crippen MR) is 110 cm³/mol. The average molecular weight is 388 g/mol. The number of nitrogens with zero attached hydrogens (tertiary/aromatic N) is 2. The minimum atomic E-state index is 0.0439. The molecule has 0 spiro atoms.